The van der Waals surface area contributed by atoms with Gasteiger partial charge in [0.25, 0.3) is 5.91 Å². The summed E-state index contributed by atoms with van der Waals surface area (Å²) < 4.78 is 1.88. The summed E-state index contributed by atoms with van der Waals surface area (Å²) in [5.41, 5.74) is 2.53. The molecule has 0 radical (unpaired) electrons. The summed E-state index contributed by atoms with van der Waals surface area (Å²) >= 11 is 0. The fourth-order valence-corrected chi connectivity index (χ4v) is 2.38. The average molecular weight is 336 g/mol. The van der Waals surface area contributed by atoms with E-state index in [1.54, 1.807) is 30.7 Å². The van der Waals surface area contributed by atoms with Crippen LogP contribution < -0.4 is 10.6 Å². The smallest absolute Gasteiger partial charge is 0.251 e. The number of amides is 1. The first-order valence-corrected chi connectivity index (χ1v) is 8.11. The van der Waals surface area contributed by atoms with Crippen LogP contribution >= 0.6 is 0 Å². The molecule has 0 atom stereocenters. The molecule has 0 aliphatic heterocycles. The Kier molecular flexibility index (Phi) is 5.36. The molecular formula is C18H20N6O. The molecule has 2 N–H and O–H groups in total. The van der Waals surface area contributed by atoms with Gasteiger partial charge in [-0.15, -0.1) is 0 Å². The first kappa shape index (κ1) is 16.6. The fourth-order valence-electron chi connectivity index (χ4n) is 2.38. The van der Waals surface area contributed by atoms with Crippen molar-refractivity contribution in [2.24, 2.45) is 0 Å². The maximum Gasteiger partial charge on any atom is 0.251 e. The zero-order valence-electron chi connectivity index (χ0n) is 14.0. The minimum absolute atomic E-state index is 0.0977. The van der Waals surface area contributed by atoms with E-state index in [0.29, 0.717) is 17.9 Å². The first-order chi connectivity index (χ1) is 12.2. The van der Waals surface area contributed by atoms with Gasteiger partial charge in [-0.25, -0.2) is 4.98 Å². The third kappa shape index (κ3) is 4.87. The number of hydrogen-bond acceptors (Lipinski definition) is 5. The van der Waals surface area contributed by atoms with Gasteiger partial charge < -0.3 is 10.6 Å². The molecule has 3 aromatic rings. The molecule has 1 amide bonds. The molecule has 0 saturated heterocycles. The SMILES string of the molecule is Cc1cnn(CCCNC(=O)c2cccc(Nc3cnccn3)c2)c1. The van der Waals surface area contributed by atoms with Crippen LogP contribution in [0.15, 0.2) is 55.2 Å². The van der Waals surface area contributed by atoms with Crippen LogP contribution in [0, 0.1) is 6.92 Å². The van der Waals surface area contributed by atoms with Crippen LogP contribution in [0.4, 0.5) is 11.5 Å². The molecule has 7 heteroatoms. The van der Waals surface area contributed by atoms with Crippen LogP contribution in [0.3, 0.4) is 0 Å². The van der Waals surface area contributed by atoms with Crippen molar-refractivity contribution >= 4 is 17.4 Å². The molecule has 2 heterocycles. The molecule has 7 nitrogen and oxygen atoms in total. The van der Waals surface area contributed by atoms with Gasteiger partial charge in [0.2, 0.25) is 0 Å². The number of carbonyl (C=O) groups excluding carboxylic acids is 1. The number of anilines is 2. The highest BCUT2D eigenvalue weighted by atomic mass is 16.1. The van der Waals surface area contributed by atoms with Crippen LogP contribution in [0.1, 0.15) is 22.3 Å². The van der Waals surface area contributed by atoms with Crippen LogP contribution in [-0.2, 0) is 6.54 Å². The average Bonchev–Trinajstić information content (AvgIpc) is 3.05. The number of aromatic nitrogens is 4. The Bertz CT molecular complexity index is 830. The van der Waals surface area contributed by atoms with Crippen molar-refractivity contribution in [1.29, 1.82) is 0 Å². The van der Waals surface area contributed by atoms with E-state index in [-0.39, 0.29) is 5.91 Å². The van der Waals surface area contributed by atoms with Gasteiger partial charge in [0.05, 0.1) is 12.4 Å². The predicted molar refractivity (Wildman–Crippen MR) is 95.7 cm³/mol. The number of aryl methyl sites for hydroxylation is 2. The summed E-state index contributed by atoms with van der Waals surface area (Å²) in [7, 11) is 0. The number of nitrogens with one attached hydrogen (secondary N) is 2. The summed E-state index contributed by atoms with van der Waals surface area (Å²) in [6.07, 6.45) is 9.49. The second kappa shape index (κ2) is 8.05. The standard InChI is InChI=1S/C18H20N6O/c1-14-11-22-24(13-14)9-3-6-21-18(25)15-4-2-5-16(10-15)23-17-12-19-7-8-20-17/h2,4-5,7-8,10-13H,3,6,9H2,1H3,(H,20,23)(H,21,25). The van der Waals surface area contributed by atoms with E-state index < -0.39 is 0 Å². The molecule has 0 aliphatic rings. The third-order valence-electron chi connectivity index (χ3n) is 3.57. The van der Waals surface area contributed by atoms with Crippen molar-refractivity contribution < 1.29 is 4.79 Å². The summed E-state index contributed by atoms with van der Waals surface area (Å²) in [6.45, 7) is 3.38. The number of rotatable bonds is 7. The maximum absolute atomic E-state index is 12.3. The molecular weight excluding hydrogens is 316 g/mol. The van der Waals surface area contributed by atoms with Crippen molar-refractivity contribution in [3.8, 4) is 0 Å². The Morgan fingerprint density at radius 1 is 1.24 bits per heavy atom. The Labute approximate surface area is 146 Å². The molecule has 0 spiro atoms. The van der Waals surface area contributed by atoms with Crippen molar-refractivity contribution in [1.82, 2.24) is 25.1 Å². The maximum atomic E-state index is 12.3. The highest BCUT2D eigenvalue weighted by Crippen LogP contribution is 2.15. The van der Waals surface area contributed by atoms with Crippen LogP contribution in [0.5, 0.6) is 0 Å². The van der Waals surface area contributed by atoms with Crippen molar-refractivity contribution in [3.63, 3.8) is 0 Å². The largest absolute Gasteiger partial charge is 0.352 e. The highest BCUT2D eigenvalue weighted by molar-refractivity contribution is 5.95. The molecule has 128 valence electrons. The fraction of sp³-hybridized carbons (Fsp3) is 0.222. The van der Waals surface area contributed by atoms with Crippen LogP contribution in [-0.4, -0.2) is 32.2 Å². The molecule has 1 aromatic carbocycles. The Morgan fingerprint density at radius 2 is 2.16 bits per heavy atom. The molecule has 2 aromatic heterocycles. The molecule has 0 unspecified atom stereocenters. The van der Waals surface area contributed by atoms with Gasteiger partial charge in [-0.05, 0) is 37.1 Å². The second-order valence-corrected chi connectivity index (χ2v) is 5.69. The molecule has 0 saturated carbocycles. The topological polar surface area (TPSA) is 84.7 Å². The van der Waals surface area contributed by atoms with Crippen molar-refractivity contribution in [3.05, 3.63) is 66.4 Å². The highest BCUT2D eigenvalue weighted by Gasteiger charge is 2.06. The second-order valence-electron chi connectivity index (χ2n) is 5.69. The number of hydrogen-bond donors (Lipinski definition) is 2. The summed E-state index contributed by atoms with van der Waals surface area (Å²) in [4.78, 5) is 20.4. The molecule has 25 heavy (non-hydrogen) atoms. The van der Waals surface area contributed by atoms with Crippen LogP contribution in [0.2, 0.25) is 0 Å². The summed E-state index contributed by atoms with van der Waals surface area (Å²) in [5, 5.41) is 10.3. The van der Waals surface area contributed by atoms with Crippen LogP contribution in [0.25, 0.3) is 0 Å². The van der Waals surface area contributed by atoms with E-state index in [1.807, 2.05) is 36.1 Å². The van der Waals surface area contributed by atoms with Gasteiger partial charge in [0, 0.05) is 42.9 Å². The van der Waals surface area contributed by atoms with E-state index in [9.17, 15) is 4.79 Å². The lowest BCUT2D eigenvalue weighted by Crippen LogP contribution is -2.25. The Hall–Kier alpha value is -3.22. The van der Waals surface area contributed by atoms with Gasteiger partial charge in [-0.3, -0.25) is 14.5 Å². The van der Waals surface area contributed by atoms with Crippen molar-refractivity contribution in [2.45, 2.75) is 19.9 Å². The quantitative estimate of drug-likeness (QED) is 0.648. The number of carbonyl (C=O) groups is 1. The van der Waals surface area contributed by atoms with Gasteiger partial charge in [-0.2, -0.15) is 5.10 Å². The van der Waals surface area contributed by atoms with E-state index in [0.717, 1.165) is 24.2 Å². The molecule has 0 aliphatic carbocycles. The van der Waals surface area contributed by atoms with Gasteiger partial charge in [0.1, 0.15) is 5.82 Å². The predicted octanol–water partition coefficient (Wildman–Crippen LogP) is 2.55. The van der Waals surface area contributed by atoms with Gasteiger partial charge in [0.15, 0.2) is 0 Å². The number of benzene rings is 1. The minimum atomic E-state index is -0.0977. The van der Waals surface area contributed by atoms with Gasteiger partial charge in [-0.1, -0.05) is 6.07 Å². The third-order valence-corrected chi connectivity index (χ3v) is 3.57. The van der Waals surface area contributed by atoms with E-state index in [2.05, 4.69) is 25.7 Å². The van der Waals surface area contributed by atoms with E-state index in [4.69, 9.17) is 0 Å². The first-order valence-electron chi connectivity index (χ1n) is 8.11. The Balaban J connectivity index is 1.50. The lowest BCUT2D eigenvalue weighted by Gasteiger charge is -2.08. The zero-order chi connectivity index (χ0) is 17.5. The van der Waals surface area contributed by atoms with E-state index in [1.165, 1.54) is 0 Å². The molecule has 0 fully saturated rings. The zero-order valence-corrected chi connectivity index (χ0v) is 14.0. The normalized spacial score (nSPS) is 10.4. The molecule has 0 bridgehead atoms. The lowest BCUT2D eigenvalue weighted by atomic mass is 10.2. The minimum Gasteiger partial charge on any atom is -0.352 e. The van der Waals surface area contributed by atoms with Gasteiger partial charge >= 0.3 is 0 Å². The monoisotopic (exact) mass is 336 g/mol. The lowest BCUT2D eigenvalue weighted by molar-refractivity contribution is 0.0952. The molecule has 3 rings (SSSR count). The number of nitrogens with zero attached hydrogens (tertiary/aromatic N) is 4. The van der Waals surface area contributed by atoms with E-state index >= 15 is 0 Å². The Morgan fingerprint density at radius 3 is 2.92 bits per heavy atom. The van der Waals surface area contributed by atoms with Crippen molar-refractivity contribution in [2.75, 3.05) is 11.9 Å². The summed E-state index contributed by atoms with van der Waals surface area (Å²) in [5.74, 6) is 0.536. The summed E-state index contributed by atoms with van der Waals surface area (Å²) in [6, 6.07) is 7.29.